The highest BCUT2D eigenvalue weighted by atomic mass is 16.1. The highest BCUT2D eigenvalue weighted by molar-refractivity contribution is 5.96. The molecule has 116 valence electrons. The molecule has 1 aromatic heterocycles. The Kier molecular flexibility index (Phi) is 4.75. The van der Waals surface area contributed by atoms with Crippen LogP contribution in [0.2, 0.25) is 0 Å². The van der Waals surface area contributed by atoms with E-state index in [4.69, 9.17) is 5.73 Å². The fourth-order valence-electron chi connectivity index (χ4n) is 2.10. The van der Waals surface area contributed by atoms with Crippen LogP contribution in [0.3, 0.4) is 0 Å². The lowest BCUT2D eigenvalue weighted by Gasteiger charge is -2.19. The molecular weight excluding hydrogens is 276 g/mol. The number of amides is 1. The first-order valence-corrected chi connectivity index (χ1v) is 7.32. The molecule has 0 fully saturated rings. The number of hydrogen-bond donors (Lipinski definition) is 2. The van der Waals surface area contributed by atoms with Gasteiger partial charge >= 0.3 is 0 Å². The molecule has 0 aliphatic carbocycles. The maximum absolute atomic E-state index is 11.9. The Labute approximate surface area is 131 Å². The van der Waals surface area contributed by atoms with Crippen LogP contribution in [0.5, 0.6) is 0 Å². The number of nitrogen functional groups attached to an aromatic ring is 1. The van der Waals surface area contributed by atoms with Crippen LogP contribution in [0.4, 0.5) is 5.82 Å². The number of nitrogens with one attached hydrogen (secondary N) is 1. The van der Waals surface area contributed by atoms with Gasteiger partial charge in [0.15, 0.2) is 11.5 Å². The molecule has 0 radical (unpaired) electrons. The van der Waals surface area contributed by atoms with E-state index < -0.39 is 0 Å². The predicted molar refractivity (Wildman–Crippen MR) is 87.6 cm³/mol. The van der Waals surface area contributed by atoms with Gasteiger partial charge in [-0.15, -0.1) is 0 Å². The van der Waals surface area contributed by atoms with Crippen molar-refractivity contribution in [3.05, 3.63) is 53.5 Å². The lowest BCUT2D eigenvalue weighted by atomic mass is 9.86. The average Bonchev–Trinajstić information content (AvgIpc) is 2.47. The molecule has 22 heavy (non-hydrogen) atoms. The fraction of sp³-hybridized carbons (Fsp3) is 0.353. The van der Waals surface area contributed by atoms with Crippen LogP contribution < -0.4 is 11.1 Å². The van der Waals surface area contributed by atoms with Crippen LogP contribution in [0.15, 0.2) is 36.7 Å². The Bertz CT molecular complexity index is 644. The van der Waals surface area contributed by atoms with E-state index in [2.05, 4.69) is 60.3 Å². The first kappa shape index (κ1) is 15.9. The highest BCUT2D eigenvalue weighted by Crippen LogP contribution is 2.22. The first-order valence-electron chi connectivity index (χ1n) is 7.32. The van der Waals surface area contributed by atoms with Crippen molar-refractivity contribution in [2.24, 2.45) is 0 Å². The van der Waals surface area contributed by atoms with E-state index in [1.54, 1.807) is 0 Å². The fourth-order valence-corrected chi connectivity index (χ4v) is 2.10. The number of rotatable bonds is 4. The van der Waals surface area contributed by atoms with Crippen molar-refractivity contribution in [1.82, 2.24) is 15.3 Å². The number of nitrogens with two attached hydrogens (primary N) is 1. The molecule has 1 heterocycles. The molecule has 2 aromatic rings. The summed E-state index contributed by atoms with van der Waals surface area (Å²) in [7, 11) is 0. The minimum Gasteiger partial charge on any atom is -0.382 e. The van der Waals surface area contributed by atoms with E-state index in [0.717, 1.165) is 6.42 Å². The summed E-state index contributed by atoms with van der Waals surface area (Å²) in [5.74, 6) is -0.147. The molecule has 5 nitrogen and oxygen atoms in total. The van der Waals surface area contributed by atoms with Crippen molar-refractivity contribution in [2.45, 2.75) is 32.6 Å². The van der Waals surface area contributed by atoms with Crippen LogP contribution in [0.25, 0.3) is 0 Å². The van der Waals surface area contributed by atoms with Gasteiger partial charge < -0.3 is 11.1 Å². The molecular formula is C17H22N4O. The van der Waals surface area contributed by atoms with E-state index in [-0.39, 0.29) is 22.8 Å². The van der Waals surface area contributed by atoms with Gasteiger partial charge in [0.1, 0.15) is 0 Å². The van der Waals surface area contributed by atoms with E-state index in [9.17, 15) is 4.79 Å². The lowest BCUT2D eigenvalue weighted by molar-refractivity contribution is 0.0950. The van der Waals surface area contributed by atoms with Gasteiger partial charge in [0.05, 0.1) is 0 Å². The Morgan fingerprint density at radius 2 is 1.77 bits per heavy atom. The van der Waals surface area contributed by atoms with E-state index in [1.807, 2.05) is 0 Å². The van der Waals surface area contributed by atoms with E-state index in [1.165, 1.54) is 23.5 Å². The number of carbonyl (C=O) groups is 1. The summed E-state index contributed by atoms with van der Waals surface area (Å²) in [4.78, 5) is 19.7. The van der Waals surface area contributed by atoms with E-state index >= 15 is 0 Å². The number of hydrogen-bond acceptors (Lipinski definition) is 4. The number of carbonyl (C=O) groups excluding carboxylic acids is 1. The molecule has 0 atom stereocenters. The van der Waals surface area contributed by atoms with Crippen molar-refractivity contribution < 1.29 is 4.79 Å². The Balaban J connectivity index is 1.89. The largest absolute Gasteiger partial charge is 0.382 e. The van der Waals surface area contributed by atoms with Crippen molar-refractivity contribution in [2.75, 3.05) is 12.3 Å². The molecule has 1 amide bonds. The lowest BCUT2D eigenvalue weighted by Crippen LogP contribution is -2.27. The molecule has 0 saturated carbocycles. The van der Waals surface area contributed by atoms with Crippen LogP contribution in [0, 0.1) is 0 Å². The molecule has 0 aliphatic heterocycles. The summed E-state index contributed by atoms with van der Waals surface area (Å²) in [6, 6.07) is 8.47. The third-order valence-corrected chi connectivity index (χ3v) is 3.46. The normalized spacial score (nSPS) is 11.2. The van der Waals surface area contributed by atoms with Gasteiger partial charge in [-0.1, -0.05) is 45.0 Å². The highest BCUT2D eigenvalue weighted by Gasteiger charge is 2.13. The monoisotopic (exact) mass is 298 g/mol. The SMILES string of the molecule is CC(C)(C)c1ccc(CCNC(=O)c2nccnc2N)cc1. The maximum Gasteiger partial charge on any atom is 0.273 e. The molecule has 0 saturated heterocycles. The second kappa shape index (κ2) is 6.56. The summed E-state index contributed by atoms with van der Waals surface area (Å²) in [6.45, 7) is 7.10. The summed E-state index contributed by atoms with van der Waals surface area (Å²) < 4.78 is 0. The number of nitrogens with zero attached hydrogens (tertiary/aromatic N) is 2. The third kappa shape index (κ3) is 4.04. The van der Waals surface area contributed by atoms with Crippen LogP contribution in [-0.2, 0) is 11.8 Å². The average molecular weight is 298 g/mol. The molecule has 0 spiro atoms. The Hall–Kier alpha value is -2.43. The van der Waals surface area contributed by atoms with Gasteiger partial charge in [0.2, 0.25) is 0 Å². The van der Waals surface area contributed by atoms with Gasteiger partial charge in [-0.05, 0) is 23.0 Å². The summed E-state index contributed by atoms with van der Waals surface area (Å²) >= 11 is 0. The Morgan fingerprint density at radius 3 is 2.36 bits per heavy atom. The molecule has 3 N–H and O–H groups in total. The van der Waals surface area contributed by atoms with Gasteiger partial charge in [-0.3, -0.25) is 4.79 Å². The summed E-state index contributed by atoms with van der Waals surface area (Å²) in [6.07, 6.45) is 3.68. The Morgan fingerprint density at radius 1 is 1.14 bits per heavy atom. The van der Waals surface area contributed by atoms with Gasteiger partial charge in [0, 0.05) is 18.9 Å². The second-order valence-corrected chi connectivity index (χ2v) is 6.24. The van der Waals surface area contributed by atoms with E-state index in [0.29, 0.717) is 6.54 Å². The zero-order valence-electron chi connectivity index (χ0n) is 13.3. The van der Waals surface area contributed by atoms with Crippen molar-refractivity contribution in [3.63, 3.8) is 0 Å². The number of anilines is 1. The minimum atomic E-state index is -0.295. The van der Waals surface area contributed by atoms with Gasteiger partial charge in [-0.25, -0.2) is 9.97 Å². The number of aromatic nitrogens is 2. The summed E-state index contributed by atoms with van der Waals surface area (Å²) in [5, 5.41) is 2.81. The maximum atomic E-state index is 11.9. The summed E-state index contributed by atoms with van der Waals surface area (Å²) in [5.41, 5.74) is 8.43. The third-order valence-electron chi connectivity index (χ3n) is 3.46. The topological polar surface area (TPSA) is 80.9 Å². The van der Waals surface area contributed by atoms with Crippen molar-refractivity contribution >= 4 is 11.7 Å². The first-order chi connectivity index (χ1) is 10.4. The molecule has 0 bridgehead atoms. The molecule has 5 heteroatoms. The van der Waals surface area contributed by atoms with Crippen LogP contribution in [-0.4, -0.2) is 22.4 Å². The molecule has 0 aliphatic rings. The van der Waals surface area contributed by atoms with Gasteiger partial charge in [-0.2, -0.15) is 0 Å². The van der Waals surface area contributed by atoms with Crippen molar-refractivity contribution in [1.29, 1.82) is 0 Å². The van der Waals surface area contributed by atoms with Crippen LogP contribution in [0.1, 0.15) is 42.4 Å². The van der Waals surface area contributed by atoms with Gasteiger partial charge in [0.25, 0.3) is 5.91 Å². The zero-order chi connectivity index (χ0) is 16.2. The molecule has 0 unspecified atom stereocenters. The van der Waals surface area contributed by atoms with Crippen LogP contribution >= 0.6 is 0 Å². The quantitative estimate of drug-likeness (QED) is 0.907. The predicted octanol–water partition coefficient (Wildman–Crippen LogP) is 2.33. The zero-order valence-corrected chi connectivity index (χ0v) is 13.3. The molecule has 1 aromatic carbocycles. The standard InChI is InChI=1S/C17H22N4O/c1-17(2,3)13-6-4-12(5-7-13)8-9-21-16(22)14-15(18)20-11-10-19-14/h4-7,10-11H,8-9H2,1-3H3,(H2,18,20)(H,21,22). The minimum absolute atomic E-state index is 0.148. The smallest absolute Gasteiger partial charge is 0.273 e. The van der Waals surface area contributed by atoms with Crippen molar-refractivity contribution in [3.8, 4) is 0 Å². The molecule has 2 rings (SSSR count). The number of benzene rings is 1. The second-order valence-electron chi connectivity index (χ2n) is 6.24.